The topological polar surface area (TPSA) is 36.9 Å². The van der Waals surface area contributed by atoms with Crippen molar-refractivity contribution in [2.75, 3.05) is 27.9 Å². The molecular weight excluding hydrogens is 196 g/mol. The summed E-state index contributed by atoms with van der Waals surface area (Å²) < 4.78 is 20.8. The second-order valence-corrected chi connectivity index (χ2v) is 6.74. The van der Waals surface area contributed by atoms with Gasteiger partial charge in [-0.25, -0.2) is 0 Å². The van der Waals surface area contributed by atoms with Gasteiger partial charge in [0.15, 0.2) is 0 Å². The Balaban J connectivity index is 3.93. The summed E-state index contributed by atoms with van der Waals surface area (Å²) in [7, 11) is 4.65. The molecule has 0 aliphatic carbocycles. The van der Waals surface area contributed by atoms with Crippen LogP contribution in [0.25, 0.3) is 0 Å². The Bertz CT molecular complexity index is 106. The van der Waals surface area contributed by atoms with Crippen molar-refractivity contribution in [3.05, 3.63) is 0 Å². The van der Waals surface area contributed by atoms with E-state index in [1.165, 1.54) is 0 Å². The van der Waals surface area contributed by atoms with Gasteiger partial charge in [-0.05, 0) is 0 Å². The van der Waals surface area contributed by atoms with Crippen molar-refractivity contribution in [1.29, 1.82) is 0 Å². The monoisotopic (exact) mass is 214 g/mol. The summed E-state index contributed by atoms with van der Waals surface area (Å²) in [5.74, 6) is 0.454. The van der Waals surface area contributed by atoms with Gasteiger partial charge in [0, 0.05) is 0 Å². The molecular formula is C7H18O4Ti. The molecule has 0 saturated carbocycles. The van der Waals surface area contributed by atoms with Crippen LogP contribution in [0.2, 0.25) is 0 Å². The van der Waals surface area contributed by atoms with E-state index in [4.69, 9.17) is 13.3 Å². The number of hydrogen-bond acceptors (Lipinski definition) is 4. The maximum atomic E-state index is 5.46. The van der Waals surface area contributed by atoms with E-state index < -0.39 is 18.1 Å². The zero-order valence-corrected chi connectivity index (χ0v) is 9.98. The predicted molar refractivity (Wildman–Crippen MR) is 41.8 cm³/mol. The van der Waals surface area contributed by atoms with E-state index >= 15 is 0 Å². The Morgan fingerprint density at radius 3 is 1.67 bits per heavy atom. The molecule has 0 saturated heterocycles. The molecule has 0 radical (unpaired) electrons. The van der Waals surface area contributed by atoms with Crippen molar-refractivity contribution in [1.82, 2.24) is 0 Å². The molecule has 0 aliphatic rings. The van der Waals surface area contributed by atoms with Crippen molar-refractivity contribution in [3.63, 3.8) is 0 Å². The van der Waals surface area contributed by atoms with E-state index in [1.54, 1.807) is 21.3 Å². The first kappa shape index (κ1) is 12.6. The zero-order valence-electron chi connectivity index (χ0n) is 8.42. The molecule has 0 unspecified atom stereocenters. The Morgan fingerprint density at radius 1 is 1.00 bits per heavy atom. The van der Waals surface area contributed by atoms with Crippen LogP contribution < -0.4 is 0 Å². The van der Waals surface area contributed by atoms with Gasteiger partial charge in [0.05, 0.1) is 0 Å². The van der Waals surface area contributed by atoms with Crippen LogP contribution in [-0.2, 0) is 31.4 Å². The van der Waals surface area contributed by atoms with Crippen LogP contribution in [0.1, 0.15) is 13.8 Å². The molecule has 4 nitrogen and oxygen atoms in total. The molecule has 0 amide bonds. The van der Waals surface area contributed by atoms with Crippen LogP contribution in [-0.4, -0.2) is 27.9 Å². The predicted octanol–water partition coefficient (Wildman–Crippen LogP) is 1.41. The summed E-state index contributed by atoms with van der Waals surface area (Å²) in [5, 5.41) is 0. The fourth-order valence-electron chi connectivity index (χ4n) is 0.696. The van der Waals surface area contributed by atoms with Crippen molar-refractivity contribution >= 4 is 0 Å². The Hall–Kier alpha value is 0.554. The summed E-state index contributed by atoms with van der Waals surface area (Å²) in [6.45, 7) is 4.73. The molecule has 0 heterocycles. The third kappa shape index (κ3) is 3.98. The van der Waals surface area contributed by atoms with Gasteiger partial charge < -0.3 is 0 Å². The summed E-state index contributed by atoms with van der Waals surface area (Å²) in [5.41, 5.74) is 0. The fraction of sp³-hybridized carbons (Fsp3) is 1.00. The molecule has 0 rings (SSSR count). The normalized spacial score (nSPS) is 12.5. The minimum absolute atomic E-state index is 0.454. The van der Waals surface area contributed by atoms with Gasteiger partial charge in [0.2, 0.25) is 0 Å². The first-order valence-electron chi connectivity index (χ1n) is 3.89. The van der Waals surface area contributed by atoms with Crippen LogP contribution in [0.3, 0.4) is 0 Å². The van der Waals surface area contributed by atoms with Crippen LogP contribution in [0, 0.1) is 5.92 Å². The van der Waals surface area contributed by atoms with Crippen LogP contribution >= 0.6 is 0 Å². The molecule has 0 spiro atoms. The van der Waals surface area contributed by atoms with Gasteiger partial charge in [-0.2, -0.15) is 0 Å². The molecule has 0 atom stereocenters. The van der Waals surface area contributed by atoms with Gasteiger partial charge in [0.25, 0.3) is 0 Å². The Morgan fingerprint density at radius 2 is 1.42 bits per heavy atom. The molecule has 0 aromatic rings. The average Bonchev–Trinajstić information content (AvgIpc) is 2.08. The molecule has 74 valence electrons. The van der Waals surface area contributed by atoms with Crippen molar-refractivity contribution < 1.29 is 31.4 Å². The van der Waals surface area contributed by atoms with Gasteiger partial charge >= 0.3 is 79.1 Å². The molecule has 0 fully saturated rings. The van der Waals surface area contributed by atoms with E-state index in [1.807, 2.05) is 0 Å². The van der Waals surface area contributed by atoms with Crippen molar-refractivity contribution in [2.45, 2.75) is 13.8 Å². The second-order valence-electron chi connectivity index (χ2n) is 2.82. The minimum atomic E-state index is -3.28. The van der Waals surface area contributed by atoms with Gasteiger partial charge in [-0.3, -0.25) is 0 Å². The third-order valence-electron chi connectivity index (χ3n) is 1.34. The van der Waals surface area contributed by atoms with Crippen molar-refractivity contribution in [2.24, 2.45) is 5.92 Å². The summed E-state index contributed by atoms with van der Waals surface area (Å²) >= 11 is -3.28. The molecule has 0 aliphatic heterocycles. The molecule has 0 bridgehead atoms. The SMILES string of the molecule is C[O][Ti]([O]C)([O]C)[O]CC(C)C. The van der Waals surface area contributed by atoms with E-state index in [0.717, 1.165) is 0 Å². The van der Waals surface area contributed by atoms with Gasteiger partial charge in [-0.1, -0.05) is 0 Å². The molecule has 0 N–H and O–H groups in total. The third-order valence-corrected chi connectivity index (χ3v) is 4.50. The number of hydrogen-bond donors (Lipinski definition) is 0. The van der Waals surface area contributed by atoms with E-state index in [2.05, 4.69) is 13.8 Å². The Labute approximate surface area is 79.4 Å². The van der Waals surface area contributed by atoms with Crippen LogP contribution in [0.5, 0.6) is 0 Å². The zero-order chi connectivity index (χ0) is 9.61. The van der Waals surface area contributed by atoms with Gasteiger partial charge in [0.1, 0.15) is 0 Å². The quantitative estimate of drug-likeness (QED) is 0.626. The van der Waals surface area contributed by atoms with Crippen LogP contribution in [0.15, 0.2) is 0 Å². The first-order chi connectivity index (χ1) is 5.60. The molecule has 0 aromatic heterocycles. The average molecular weight is 214 g/mol. The van der Waals surface area contributed by atoms with Crippen molar-refractivity contribution in [3.8, 4) is 0 Å². The molecule has 12 heavy (non-hydrogen) atoms. The van der Waals surface area contributed by atoms with Gasteiger partial charge in [-0.15, -0.1) is 0 Å². The molecule has 5 heteroatoms. The summed E-state index contributed by atoms with van der Waals surface area (Å²) in [6.07, 6.45) is 0. The first-order valence-corrected chi connectivity index (χ1v) is 6.44. The summed E-state index contributed by atoms with van der Waals surface area (Å²) in [6, 6.07) is 0. The van der Waals surface area contributed by atoms with E-state index in [-0.39, 0.29) is 0 Å². The summed E-state index contributed by atoms with van der Waals surface area (Å²) in [4.78, 5) is 0. The standard InChI is InChI=1S/C4H9O.3CH3O.Ti/c1-4(2)3-5;3*1-2;/h4H,3H2,1-2H3;3*1H3;/q4*-1;+4. The Kier molecular flexibility index (Phi) is 6.36. The van der Waals surface area contributed by atoms with E-state index in [9.17, 15) is 0 Å². The van der Waals surface area contributed by atoms with Crippen LogP contribution in [0.4, 0.5) is 0 Å². The fourth-order valence-corrected chi connectivity index (χ4v) is 2.87. The number of rotatable bonds is 6. The maximum absolute atomic E-state index is 5.46. The second kappa shape index (κ2) is 6.08. The molecule has 0 aromatic carbocycles. The van der Waals surface area contributed by atoms with E-state index in [0.29, 0.717) is 12.5 Å².